The topological polar surface area (TPSA) is 73.0 Å². The summed E-state index contributed by atoms with van der Waals surface area (Å²) >= 11 is 0. The maximum Gasteiger partial charge on any atom is 0.249 e. The molecule has 0 saturated carbocycles. The van der Waals surface area contributed by atoms with Gasteiger partial charge < -0.3 is 14.3 Å². The van der Waals surface area contributed by atoms with E-state index in [0.29, 0.717) is 18.2 Å². The zero-order chi connectivity index (χ0) is 17.1. The predicted molar refractivity (Wildman–Crippen MR) is 92.5 cm³/mol. The summed E-state index contributed by atoms with van der Waals surface area (Å²) < 4.78 is 7.62. The van der Waals surface area contributed by atoms with Crippen molar-refractivity contribution in [1.82, 2.24) is 20.1 Å². The third-order valence-corrected chi connectivity index (χ3v) is 4.12. The molecule has 0 aliphatic carbocycles. The van der Waals surface area contributed by atoms with Crippen LogP contribution >= 0.6 is 0 Å². The van der Waals surface area contributed by atoms with E-state index < -0.39 is 0 Å². The molecule has 0 fully saturated rings. The lowest BCUT2D eigenvalue weighted by atomic mass is 10.2. The molecule has 6 nitrogen and oxygen atoms in total. The molecule has 0 saturated heterocycles. The molecule has 1 atom stereocenters. The number of hydrogen-bond acceptors (Lipinski definition) is 4. The monoisotopic (exact) mass is 326 g/mol. The van der Waals surface area contributed by atoms with Crippen LogP contribution in [0.3, 0.4) is 0 Å². The van der Waals surface area contributed by atoms with Gasteiger partial charge in [-0.05, 0) is 19.4 Å². The highest BCUT2D eigenvalue weighted by atomic mass is 16.4. The first-order valence-electron chi connectivity index (χ1n) is 8.32. The van der Waals surface area contributed by atoms with Crippen molar-refractivity contribution in [1.29, 1.82) is 0 Å². The van der Waals surface area contributed by atoms with Crippen molar-refractivity contribution < 1.29 is 9.21 Å². The molecule has 0 aliphatic rings. The molecule has 24 heavy (non-hydrogen) atoms. The second-order valence-corrected chi connectivity index (χ2v) is 5.92. The van der Waals surface area contributed by atoms with Crippen LogP contribution < -0.4 is 5.32 Å². The fourth-order valence-corrected chi connectivity index (χ4v) is 2.63. The van der Waals surface area contributed by atoms with Gasteiger partial charge in [-0.15, -0.1) is 10.2 Å². The Hall–Kier alpha value is -2.63. The van der Waals surface area contributed by atoms with Crippen LogP contribution in [0.5, 0.6) is 0 Å². The smallest absolute Gasteiger partial charge is 0.249 e. The van der Waals surface area contributed by atoms with Gasteiger partial charge in [0.05, 0.1) is 5.56 Å². The maximum absolute atomic E-state index is 12.2. The number of para-hydroxylation sites is 1. The van der Waals surface area contributed by atoms with Crippen LogP contribution in [-0.4, -0.2) is 26.7 Å². The number of aryl methyl sites for hydroxylation is 1. The van der Waals surface area contributed by atoms with Crippen molar-refractivity contribution >= 4 is 16.8 Å². The fourth-order valence-electron chi connectivity index (χ4n) is 2.63. The number of rotatable bonds is 6. The number of hydrogen-bond donors (Lipinski definition) is 1. The lowest BCUT2D eigenvalue weighted by Crippen LogP contribution is -2.34. The number of nitrogens with zero attached hydrogens (tertiary/aromatic N) is 3. The summed E-state index contributed by atoms with van der Waals surface area (Å²) in [6, 6.07) is 8.09. The van der Waals surface area contributed by atoms with E-state index in [0.717, 1.165) is 22.9 Å². The Bertz CT molecular complexity index is 850. The Balaban J connectivity index is 1.96. The molecular formula is C18H22N4O2. The lowest BCUT2D eigenvalue weighted by molar-refractivity contribution is -0.122. The van der Waals surface area contributed by atoms with Crippen LogP contribution in [-0.2, 0) is 17.8 Å². The van der Waals surface area contributed by atoms with Crippen LogP contribution in [0.1, 0.15) is 33.1 Å². The number of carbonyl (C=O) groups is 1. The Morgan fingerprint density at radius 1 is 1.29 bits per heavy atom. The molecule has 1 aromatic carbocycles. The average Bonchev–Trinajstić information content (AvgIpc) is 3.19. The van der Waals surface area contributed by atoms with Gasteiger partial charge in [-0.25, -0.2) is 0 Å². The quantitative estimate of drug-likeness (QED) is 0.755. The van der Waals surface area contributed by atoms with E-state index in [1.165, 1.54) is 0 Å². The Morgan fingerprint density at radius 2 is 2.08 bits per heavy atom. The van der Waals surface area contributed by atoms with Crippen molar-refractivity contribution in [2.45, 2.75) is 46.2 Å². The van der Waals surface area contributed by atoms with Crippen LogP contribution in [0.4, 0.5) is 0 Å². The maximum atomic E-state index is 12.2. The van der Waals surface area contributed by atoms with Gasteiger partial charge in [0.2, 0.25) is 17.7 Å². The van der Waals surface area contributed by atoms with Gasteiger partial charge >= 0.3 is 0 Å². The van der Waals surface area contributed by atoms with Gasteiger partial charge in [0.1, 0.15) is 6.54 Å². The molecule has 1 N–H and O–H groups in total. The SMILES string of the molecule is CCc1nnc(-c2cn(CC(=O)N[C@@H](C)CC)c3ccccc23)o1. The number of carbonyl (C=O) groups excluding carboxylic acids is 1. The molecule has 126 valence electrons. The van der Waals surface area contributed by atoms with Crippen LogP contribution in [0.25, 0.3) is 22.4 Å². The van der Waals surface area contributed by atoms with E-state index in [4.69, 9.17) is 4.42 Å². The van der Waals surface area contributed by atoms with Crippen molar-refractivity contribution in [3.63, 3.8) is 0 Å². The zero-order valence-corrected chi connectivity index (χ0v) is 14.2. The lowest BCUT2D eigenvalue weighted by Gasteiger charge is -2.12. The number of benzene rings is 1. The first-order chi connectivity index (χ1) is 11.6. The molecule has 0 spiro atoms. The summed E-state index contributed by atoms with van der Waals surface area (Å²) in [4.78, 5) is 12.2. The minimum atomic E-state index is -0.00331. The van der Waals surface area contributed by atoms with Gasteiger partial charge in [-0.1, -0.05) is 32.0 Å². The third kappa shape index (κ3) is 3.18. The minimum Gasteiger partial charge on any atom is -0.421 e. The summed E-state index contributed by atoms with van der Waals surface area (Å²) in [6.45, 7) is 6.29. The number of amides is 1. The van der Waals surface area contributed by atoms with Crippen molar-refractivity contribution in [2.24, 2.45) is 0 Å². The largest absolute Gasteiger partial charge is 0.421 e. The van der Waals surface area contributed by atoms with Crippen LogP contribution in [0, 0.1) is 0 Å². The molecule has 0 bridgehead atoms. The fraction of sp³-hybridized carbons (Fsp3) is 0.389. The van der Waals surface area contributed by atoms with Gasteiger partial charge in [0.25, 0.3) is 0 Å². The predicted octanol–water partition coefficient (Wildman–Crippen LogP) is 3.17. The van der Waals surface area contributed by atoms with E-state index in [2.05, 4.69) is 22.4 Å². The molecule has 0 aliphatic heterocycles. The van der Waals surface area contributed by atoms with Gasteiger partial charge in [0, 0.05) is 29.6 Å². The molecule has 6 heteroatoms. The number of aromatic nitrogens is 3. The molecule has 3 aromatic rings. The molecule has 1 amide bonds. The van der Waals surface area contributed by atoms with Gasteiger partial charge in [0.15, 0.2) is 0 Å². The molecule has 2 aromatic heterocycles. The normalized spacial score (nSPS) is 12.5. The average molecular weight is 326 g/mol. The zero-order valence-electron chi connectivity index (χ0n) is 14.2. The first-order valence-corrected chi connectivity index (χ1v) is 8.32. The Kier molecular flexibility index (Phi) is 4.64. The minimum absolute atomic E-state index is 0.00331. The van der Waals surface area contributed by atoms with E-state index >= 15 is 0 Å². The first kappa shape index (κ1) is 16.2. The van der Waals surface area contributed by atoms with Gasteiger partial charge in [-0.3, -0.25) is 4.79 Å². The highest BCUT2D eigenvalue weighted by molar-refractivity contribution is 5.94. The van der Waals surface area contributed by atoms with E-state index in [1.54, 1.807) is 0 Å². The summed E-state index contributed by atoms with van der Waals surface area (Å²) in [7, 11) is 0. The number of fused-ring (bicyclic) bond motifs is 1. The summed E-state index contributed by atoms with van der Waals surface area (Å²) in [5.41, 5.74) is 1.83. The van der Waals surface area contributed by atoms with Crippen LogP contribution in [0.15, 0.2) is 34.9 Å². The Labute approximate surface area is 140 Å². The van der Waals surface area contributed by atoms with Crippen molar-refractivity contribution in [3.8, 4) is 11.5 Å². The second kappa shape index (κ2) is 6.86. The van der Waals surface area contributed by atoms with Crippen molar-refractivity contribution in [2.75, 3.05) is 0 Å². The second-order valence-electron chi connectivity index (χ2n) is 5.92. The van der Waals surface area contributed by atoms with E-state index in [9.17, 15) is 4.79 Å². The summed E-state index contributed by atoms with van der Waals surface area (Å²) in [6.07, 6.45) is 3.52. The number of nitrogens with one attached hydrogen (secondary N) is 1. The highest BCUT2D eigenvalue weighted by Crippen LogP contribution is 2.29. The van der Waals surface area contributed by atoms with Gasteiger partial charge in [-0.2, -0.15) is 0 Å². The standard InChI is InChI=1S/C18H22N4O2/c1-4-12(3)19-16(23)11-22-10-14(13-8-6-7-9-15(13)22)18-21-20-17(5-2)24-18/h6-10,12H,4-5,11H2,1-3H3,(H,19,23)/t12-/m0/s1. The van der Waals surface area contributed by atoms with Crippen molar-refractivity contribution in [3.05, 3.63) is 36.4 Å². The highest BCUT2D eigenvalue weighted by Gasteiger charge is 2.17. The molecule has 0 unspecified atom stereocenters. The molecule has 3 rings (SSSR count). The van der Waals surface area contributed by atoms with E-state index in [-0.39, 0.29) is 18.5 Å². The third-order valence-electron chi connectivity index (χ3n) is 4.12. The van der Waals surface area contributed by atoms with E-state index in [1.807, 2.05) is 48.9 Å². The van der Waals surface area contributed by atoms with Crippen LogP contribution in [0.2, 0.25) is 0 Å². The molecular weight excluding hydrogens is 304 g/mol. The summed E-state index contributed by atoms with van der Waals surface area (Å²) in [5.74, 6) is 1.09. The summed E-state index contributed by atoms with van der Waals surface area (Å²) in [5, 5.41) is 12.2. The molecule has 2 heterocycles. The Morgan fingerprint density at radius 3 is 2.79 bits per heavy atom. The molecule has 0 radical (unpaired) electrons.